The van der Waals surface area contributed by atoms with Gasteiger partial charge in [0, 0.05) is 18.7 Å². The van der Waals surface area contributed by atoms with Crippen molar-refractivity contribution in [3.63, 3.8) is 0 Å². The van der Waals surface area contributed by atoms with E-state index in [2.05, 4.69) is 5.32 Å². The van der Waals surface area contributed by atoms with Crippen LogP contribution in [0.15, 0.2) is 77.7 Å². The molecule has 0 spiro atoms. The quantitative estimate of drug-likeness (QED) is 0.287. The van der Waals surface area contributed by atoms with Crippen LogP contribution in [0.2, 0.25) is 0 Å². The Bertz CT molecular complexity index is 1450. The normalized spacial score (nSPS) is 12.6. The highest BCUT2D eigenvalue weighted by Crippen LogP contribution is 2.34. The van der Waals surface area contributed by atoms with Crippen LogP contribution in [0, 0.1) is 5.82 Å². The lowest BCUT2D eigenvalue weighted by Crippen LogP contribution is -2.53. The SMILES string of the molecule is CC[C@H](C)NC(=O)[C@H](CC)N(Cc1ccc(F)cc1)C(=O)CN(c1ccc(OC)c(OC)c1)S(=O)(=O)c1ccccc1. The molecule has 11 heteroatoms. The van der Waals surface area contributed by atoms with Crippen molar-refractivity contribution in [2.45, 2.75) is 57.1 Å². The molecule has 3 aromatic rings. The first-order valence-electron chi connectivity index (χ1n) is 13.7. The molecule has 3 rings (SSSR count). The van der Waals surface area contributed by atoms with Crippen LogP contribution in [0.3, 0.4) is 0 Å². The lowest BCUT2D eigenvalue weighted by Gasteiger charge is -2.33. The van der Waals surface area contributed by atoms with E-state index < -0.39 is 34.3 Å². The summed E-state index contributed by atoms with van der Waals surface area (Å²) in [5.41, 5.74) is 0.756. The molecule has 0 aliphatic carbocycles. The van der Waals surface area contributed by atoms with Crippen molar-refractivity contribution in [2.75, 3.05) is 25.1 Å². The van der Waals surface area contributed by atoms with Crippen LogP contribution in [-0.4, -0.2) is 58.0 Å². The molecule has 0 saturated heterocycles. The van der Waals surface area contributed by atoms with Crippen LogP contribution < -0.4 is 19.1 Å². The standard InChI is InChI=1S/C31H38FN3O6S/c1-6-22(3)33-31(37)27(7-2)34(20-23-13-15-24(32)16-14-23)30(36)21-35(42(38,39)26-11-9-8-10-12-26)25-17-18-28(40-4)29(19-25)41-5/h8-19,22,27H,6-7,20-21H2,1-5H3,(H,33,37)/t22-,27-/m0/s1. The van der Waals surface area contributed by atoms with E-state index >= 15 is 0 Å². The Hall–Kier alpha value is -4.12. The molecule has 2 amide bonds. The van der Waals surface area contributed by atoms with E-state index in [1.54, 1.807) is 31.2 Å². The number of carbonyl (C=O) groups excluding carboxylic acids is 2. The average molecular weight is 600 g/mol. The van der Waals surface area contributed by atoms with Gasteiger partial charge in [-0.25, -0.2) is 12.8 Å². The van der Waals surface area contributed by atoms with Crippen molar-refractivity contribution in [1.82, 2.24) is 10.2 Å². The summed E-state index contributed by atoms with van der Waals surface area (Å²) in [6.07, 6.45) is 0.966. The molecular weight excluding hydrogens is 561 g/mol. The number of hydrogen-bond acceptors (Lipinski definition) is 6. The van der Waals surface area contributed by atoms with Crippen molar-refractivity contribution < 1.29 is 31.9 Å². The summed E-state index contributed by atoms with van der Waals surface area (Å²) in [5.74, 6) is -0.744. The van der Waals surface area contributed by atoms with Crippen LogP contribution in [0.1, 0.15) is 39.2 Å². The molecule has 0 aliphatic heterocycles. The predicted molar refractivity (Wildman–Crippen MR) is 159 cm³/mol. The Morgan fingerprint density at radius 3 is 2.12 bits per heavy atom. The summed E-state index contributed by atoms with van der Waals surface area (Å²) in [6.45, 7) is 4.93. The fourth-order valence-corrected chi connectivity index (χ4v) is 5.80. The number of anilines is 1. The minimum Gasteiger partial charge on any atom is -0.493 e. The molecule has 0 bridgehead atoms. The van der Waals surface area contributed by atoms with Crippen molar-refractivity contribution >= 4 is 27.5 Å². The summed E-state index contributed by atoms with van der Waals surface area (Å²) in [4.78, 5) is 28.8. The monoisotopic (exact) mass is 599 g/mol. The van der Waals surface area contributed by atoms with Gasteiger partial charge in [-0.05, 0) is 61.7 Å². The van der Waals surface area contributed by atoms with E-state index in [4.69, 9.17) is 9.47 Å². The van der Waals surface area contributed by atoms with Crippen LogP contribution >= 0.6 is 0 Å². The Kier molecular flexibility index (Phi) is 11.3. The van der Waals surface area contributed by atoms with Gasteiger partial charge in [-0.1, -0.05) is 44.2 Å². The molecule has 0 radical (unpaired) electrons. The summed E-state index contributed by atoms with van der Waals surface area (Å²) >= 11 is 0. The first-order valence-corrected chi connectivity index (χ1v) is 15.1. The van der Waals surface area contributed by atoms with Gasteiger partial charge in [0.05, 0.1) is 24.8 Å². The van der Waals surface area contributed by atoms with Gasteiger partial charge < -0.3 is 19.7 Å². The van der Waals surface area contributed by atoms with E-state index in [1.165, 1.54) is 67.7 Å². The number of sulfonamides is 1. The van der Waals surface area contributed by atoms with E-state index in [0.29, 0.717) is 17.7 Å². The number of rotatable bonds is 14. The Morgan fingerprint density at radius 2 is 1.55 bits per heavy atom. The molecule has 0 heterocycles. The van der Waals surface area contributed by atoms with Gasteiger partial charge in [0.25, 0.3) is 10.0 Å². The van der Waals surface area contributed by atoms with Gasteiger partial charge in [-0.2, -0.15) is 0 Å². The Labute approximate surface area is 247 Å². The lowest BCUT2D eigenvalue weighted by atomic mass is 10.1. The maximum atomic E-state index is 14.1. The third-order valence-corrected chi connectivity index (χ3v) is 8.71. The molecular formula is C31H38FN3O6S. The third kappa shape index (κ3) is 7.79. The number of ether oxygens (including phenoxy) is 2. The second-order valence-electron chi connectivity index (χ2n) is 9.75. The van der Waals surface area contributed by atoms with Crippen LogP contribution in [0.5, 0.6) is 11.5 Å². The minimum absolute atomic E-state index is 0.0146. The largest absolute Gasteiger partial charge is 0.493 e. The summed E-state index contributed by atoms with van der Waals surface area (Å²) in [6, 6.07) is 16.9. The van der Waals surface area contributed by atoms with Gasteiger partial charge >= 0.3 is 0 Å². The van der Waals surface area contributed by atoms with E-state index in [-0.39, 0.29) is 41.2 Å². The van der Waals surface area contributed by atoms with E-state index in [9.17, 15) is 22.4 Å². The zero-order valence-electron chi connectivity index (χ0n) is 24.5. The summed E-state index contributed by atoms with van der Waals surface area (Å²) in [7, 11) is -1.36. The highest BCUT2D eigenvalue weighted by Gasteiger charge is 2.34. The van der Waals surface area contributed by atoms with Gasteiger partial charge in [-0.3, -0.25) is 13.9 Å². The molecule has 0 unspecified atom stereocenters. The zero-order valence-corrected chi connectivity index (χ0v) is 25.4. The number of carbonyl (C=O) groups is 2. The molecule has 42 heavy (non-hydrogen) atoms. The third-order valence-electron chi connectivity index (χ3n) is 6.92. The van der Waals surface area contributed by atoms with Gasteiger partial charge in [0.15, 0.2) is 11.5 Å². The highest BCUT2D eigenvalue weighted by molar-refractivity contribution is 7.92. The summed E-state index contributed by atoms with van der Waals surface area (Å²) < 4.78 is 53.3. The smallest absolute Gasteiger partial charge is 0.264 e. The molecule has 9 nitrogen and oxygen atoms in total. The van der Waals surface area contributed by atoms with Crippen molar-refractivity contribution in [3.8, 4) is 11.5 Å². The maximum absolute atomic E-state index is 14.1. The fourth-order valence-electron chi connectivity index (χ4n) is 4.38. The van der Waals surface area contributed by atoms with Gasteiger partial charge in [0.2, 0.25) is 11.8 Å². The first-order chi connectivity index (χ1) is 20.0. The molecule has 1 N–H and O–H groups in total. The van der Waals surface area contributed by atoms with Crippen LogP contribution in [0.25, 0.3) is 0 Å². The number of hydrogen-bond donors (Lipinski definition) is 1. The Morgan fingerprint density at radius 1 is 0.905 bits per heavy atom. The number of methoxy groups -OCH3 is 2. The molecule has 3 aromatic carbocycles. The highest BCUT2D eigenvalue weighted by atomic mass is 32.2. The molecule has 0 fully saturated rings. The van der Waals surface area contributed by atoms with E-state index in [0.717, 1.165) is 4.31 Å². The molecule has 0 aromatic heterocycles. The first kappa shape index (κ1) is 32.4. The summed E-state index contributed by atoms with van der Waals surface area (Å²) in [5, 5.41) is 2.92. The number of halogens is 1. The average Bonchev–Trinajstić information content (AvgIpc) is 3.00. The minimum atomic E-state index is -4.24. The predicted octanol–water partition coefficient (Wildman–Crippen LogP) is 4.76. The van der Waals surface area contributed by atoms with Crippen LogP contribution in [0.4, 0.5) is 10.1 Å². The number of nitrogens with zero attached hydrogens (tertiary/aromatic N) is 2. The number of benzene rings is 3. The molecule has 0 aliphatic rings. The molecule has 0 saturated carbocycles. The van der Waals surface area contributed by atoms with Crippen molar-refractivity contribution in [2.24, 2.45) is 0 Å². The second kappa shape index (κ2) is 14.7. The second-order valence-corrected chi connectivity index (χ2v) is 11.6. The zero-order chi connectivity index (χ0) is 30.9. The molecule has 2 atom stereocenters. The van der Waals surface area contributed by atoms with E-state index in [1.807, 2.05) is 13.8 Å². The maximum Gasteiger partial charge on any atom is 0.264 e. The fraction of sp³-hybridized carbons (Fsp3) is 0.355. The van der Waals surface area contributed by atoms with Gasteiger partial charge in [-0.15, -0.1) is 0 Å². The van der Waals surface area contributed by atoms with Crippen molar-refractivity contribution in [1.29, 1.82) is 0 Å². The topological polar surface area (TPSA) is 105 Å². The number of amides is 2. The molecule has 226 valence electrons. The van der Waals surface area contributed by atoms with Crippen molar-refractivity contribution in [3.05, 3.63) is 84.2 Å². The lowest BCUT2D eigenvalue weighted by molar-refractivity contribution is -0.140. The van der Waals surface area contributed by atoms with Crippen LogP contribution in [-0.2, 0) is 26.2 Å². The Balaban J connectivity index is 2.10. The van der Waals surface area contributed by atoms with Gasteiger partial charge in [0.1, 0.15) is 18.4 Å². The number of nitrogens with one attached hydrogen (secondary N) is 1.